The minimum absolute atomic E-state index is 0.241. The van der Waals surface area contributed by atoms with E-state index in [1.165, 1.54) is 22.4 Å². The van der Waals surface area contributed by atoms with Crippen molar-refractivity contribution in [1.29, 1.82) is 0 Å². The van der Waals surface area contributed by atoms with Crippen molar-refractivity contribution in [2.24, 2.45) is 0 Å². The first-order valence-corrected chi connectivity index (χ1v) is 10.2. The Kier molecular flexibility index (Phi) is 5.39. The number of aromatic nitrogens is 6. The molecule has 29 heavy (non-hydrogen) atoms. The van der Waals surface area contributed by atoms with Crippen molar-refractivity contribution in [3.05, 3.63) is 70.0 Å². The van der Waals surface area contributed by atoms with Crippen LogP contribution in [0, 0.1) is 12.7 Å². The van der Waals surface area contributed by atoms with E-state index >= 15 is 0 Å². The lowest BCUT2D eigenvalue weighted by Crippen LogP contribution is -2.22. The number of tetrazole rings is 1. The second-order valence-electron chi connectivity index (χ2n) is 6.59. The molecule has 0 bridgehead atoms. The highest BCUT2D eigenvalue weighted by Crippen LogP contribution is 2.24. The van der Waals surface area contributed by atoms with E-state index in [2.05, 4.69) is 20.5 Å². The molecule has 0 N–H and O–H groups in total. The van der Waals surface area contributed by atoms with Crippen molar-refractivity contribution in [3.63, 3.8) is 0 Å². The number of thioether (sulfide) groups is 1. The van der Waals surface area contributed by atoms with Gasteiger partial charge in [0.15, 0.2) is 11.0 Å². The monoisotopic (exact) mass is 410 g/mol. The van der Waals surface area contributed by atoms with Gasteiger partial charge in [0.25, 0.3) is 5.56 Å². The van der Waals surface area contributed by atoms with Crippen LogP contribution >= 0.6 is 11.8 Å². The van der Waals surface area contributed by atoms with E-state index in [1.807, 2.05) is 13.0 Å². The van der Waals surface area contributed by atoms with Crippen LogP contribution in [0.3, 0.4) is 0 Å². The summed E-state index contributed by atoms with van der Waals surface area (Å²) in [7, 11) is 0. The predicted octanol–water partition coefficient (Wildman–Crippen LogP) is 3.52. The Bertz CT molecular complexity index is 1240. The maximum atomic E-state index is 14.2. The van der Waals surface area contributed by atoms with Crippen LogP contribution in [0.5, 0.6) is 0 Å². The number of hydrogen-bond donors (Lipinski definition) is 0. The van der Waals surface area contributed by atoms with Gasteiger partial charge in [-0.25, -0.2) is 14.1 Å². The molecule has 0 aliphatic rings. The SMILES string of the molecule is CCCn1nnnc1CSc1nc2ccccc2c(=O)n1-c1ccc(C)c(F)c1. The van der Waals surface area contributed by atoms with Crippen LogP contribution in [-0.2, 0) is 12.3 Å². The summed E-state index contributed by atoms with van der Waals surface area (Å²) in [6.45, 7) is 4.45. The molecule has 7 nitrogen and oxygen atoms in total. The summed E-state index contributed by atoms with van der Waals surface area (Å²) < 4.78 is 17.4. The molecular formula is C20H19FN6OS. The van der Waals surface area contributed by atoms with Gasteiger partial charge in [-0.2, -0.15) is 0 Å². The van der Waals surface area contributed by atoms with Crippen LogP contribution in [0.25, 0.3) is 16.6 Å². The Morgan fingerprint density at radius 2 is 2.00 bits per heavy atom. The van der Waals surface area contributed by atoms with Crippen LogP contribution in [0.2, 0.25) is 0 Å². The van der Waals surface area contributed by atoms with Gasteiger partial charge in [-0.3, -0.25) is 9.36 Å². The van der Waals surface area contributed by atoms with Crippen molar-refractivity contribution >= 4 is 22.7 Å². The highest BCUT2D eigenvalue weighted by molar-refractivity contribution is 7.98. The Morgan fingerprint density at radius 1 is 1.17 bits per heavy atom. The van der Waals surface area contributed by atoms with Crippen molar-refractivity contribution in [3.8, 4) is 5.69 Å². The van der Waals surface area contributed by atoms with Crippen LogP contribution in [0.15, 0.2) is 52.4 Å². The summed E-state index contributed by atoms with van der Waals surface area (Å²) in [4.78, 5) is 17.9. The summed E-state index contributed by atoms with van der Waals surface area (Å²) in [6.07, 6.45) is 0.907. The second-order valence-corrected chi connectivity index (χ2v) is 7.54. The van der Waals surface area contributed by atoms with Gasteiger partial charge in [-0.05, 0) is 53.6 Å². The first-order chi connectivity index (χ1) is 14.1. The van der Waals surface area contributed by atoms with E-state index in [4.69, 9.17) is 0 Å². The maximum Gasteiger partial charge on any atom is 0.266 e. The number of nitrogens with zero attached hydrogens (tertiary/aromatic N) is 6. The first kappa shape index (κ1) is 19.3. The van der Waals surface area contributed by atoms with Crippen molar-refractivity contribution in [2.45, 2.75) is 37.7 Å². The molecule has 148 valence electrons. The number of halogens is 1. The van der Waals surface area contributed by atoms with Crippen LogP contribution in [0.4, 0.5) is 4.39 Å². The molecule has 0 fully saturated rings. The minimum atomic E-state index is -0.370. The fourth-order valence-corrected chi connectivity index (χ4v) is 3.94. The van der Waals surface area contributed by atoms with Gasteiger partial charge in [0.1, 0.15) is 5.82 Å². The highest BCUT2D eigenvalue weighted by Gasteiger charge is 2.16. The van der Waals surface area contributed by atoms with Crippen molar-refractivity contribution in [1.82, 2.24) is 29.8 Å². The number of aryl methyl sites for hydroxylation is 2. The zero-order valence-corrected chi connectivity index (χ0v) is 16.9. The third-order valence-electron chi connectivity index (χ3n) is 4.53. The molecule has 0 amide bonds. The van der Waals surface area contributed by atoms with Gasteiger partial charge < -0.3 is 0 Å². The molecule has 0 saturated carbocycles. The molecule has 2 heterocycles. The van der Waals surface area contributed by atoms with E-state index in [-0.39, 0.29) is 11.4 Å². The number of benzene rings is 2. The lowest BCUT2D eigenvalue weighted by atomic mass is 10.2. The fourth-order valence-electron chi connectivity index (χ4n) is 3.00. The third-order valence-corrected chi connectivity index (χ3v) is 5.46. The standard InChI is InChI=1S/C20H19FN6OS/c1-3-10-26-18(23-24-25-26)12-29-20-22-17-7-5-4-6-15(17)19(28)27(20)14-9-8-13(2)16(21)11-14/h4-9,11H,3,10,12H2,1-2H3. The van der Waals surface area contributed by atoms with Gasteiger partial charge >= 0.3 is 0 Å². The van der Waals surface area contributed by atoms with Gasteiger partial charge in [0.2, 0.25) is 0 Å². The minimum Gasteiger partial charge on any atom is -0.268 e. The molecule has 0 spiro atoms. The van der Waals surface area contributed by atoms with E-state index in [1.54, 1.807) is 41.9 Å². The summed E-state index contributed by atoms with van der Waals surface area (Å²) in [5.41, 5.74) is 1.31. The molecule has 2 aromatic carbocycles. The van der Waals surface area contributed by atoms with E-state index in [9.17, 15) is 9.18 Å². The van der Waals surface area contributed by atoms with Crippen LogP contribution < -0.4 is 5.56 Å². The Balaban J connectivity index is 1.82. The van der Waals surface area contributed by atoms with Gasteiger partial charge in [-0.15, -0.1) is 5.10 Å². The third kappa shape index (κ3) is 3.77. The maximum absolute atomic E-state index is 14.2. The number of fused-ring (bicyclic) bond motifs is 1. The Labute approximate surface area is 170 Å². The number of rotatable bonds is 6. The summed E-state index contributed by atoms with van der Waals surface area (Å²) >= 11 is 1.34. The van der Waals surface area contributed by atoms with E-state index in [0.29, 0.717) is 45.4 Å². The molecule has 9 heteroatoms. The predicted molar refractivity (Wildman–Crippen MR) is 110 cm³/mol. The smallest absolute Gasteiger partial charge is 0.266 e. The van der Waals surface area contributed by atoms with Crippen LogP contribution in [0.1, 0.15) is 24.7 Å². The molecule has 0 radical (unpaired) electrons. The summed E-state index contributed by atoms with van der Waals surface area (Å²) in [6, 6.07) is 11.9. The quantitative estimate of drug-likeness (QED) is 0.357. The molecule has 2 aromatic heterocycles. The largest absolute Gasteiger partial charge is 0.268 e. The van der Waals surface area contributed by atoms with E-state index in [0.717, 1.165) is 6.42 Å². The molecule has 0 saturated heterocycles. The fraction of sp³-hybridized carbons (Fsp3) is 0.250. The van der Waals surface area contributed by atoms with Gasteiger partial charge in [0.05, 0.1) is 22.3 Å². The lowest BCUT2D eigenvalue weighted by molar-refractivity contribution is 0.564. The Hall–Kier alpha value is -3.07. The van der Waals surface area contributed by atoms with Crippen molar-refractivity contribution in [2.75, 3.05) is 0 Å². The molecule has 0 unspecified atom stereocenters. The molecule has 0 atom stereocenters. The first-order valence-electron chi connectivity index (χ1n) is 9.24. The molecule has 0 aliphatic carbocycles. The lowest BCUT2D eigenvalue weighted by Gasteiger charge is -2.13. The molecule has 4 rings (SSSR count). The van der Waals surface area contributed by atoms with Crippen LogP contribution in [-0.4, -0.2) is 29.8 Å². The van der Waals surface area contributed by atoms with Gasteiger partial charge in [-0.1, -0.05) is 36.9 Å². The average Bonchev–Trinajstić information content (AvgIpc) is 3.16. The zero-order chi connectivity index (χ0) is 20.4. The number of hydrogen-bond acceptors (Lipinski definition) is 6. The molecule has 0 aliphatic heterocycles. The highest BCUT2D eigenvalue weighted by atomic mass is 32.2. The summed E-state index contributed by atoms with van der Waals surface area (Å²) in [5.74, 6) is 0.762. The normalized spacial score (nSPS) is 11.3. The Morgan fingerprint density at radius 3 is 2.79 bits per heavy atom. The average molecular weight is 410 g/mol. The molecular weight excluding hydrogens is 391 g/mol. The second kappa shape index (κ2) is 8.12. The molecule has 4 aromatic rings. The topological polar surface area (TPSA) is 78.5 Å². The zero-order valence-electron chi connectivity index (χ0n) is 16.0. The summed E-state index contributed by atoms with van der Waals surface area (Å²) in [5, 5.41) is 12.7. The number of para-hydroxylation sites is 1. The van der Waals surface area contributed by atoms with Crippen molar-refractivity contribution < 1.29 is 4.39 Å². The van der Waals surface area contributed by atoms with E-state index < -0.39 is 0 Å². The van der Waals surface area contributed by atoms with Gasteiger partial charge in [0, 0.05) is 6.54 Å².